The fraction of sp³-hybridized carbons (Fsp3) is 0.0625. The summed E-state index contributed by atoms with van der Waals surface area (Å²) < 4.78 is 12.9. The van der Waals surface area contributed by atoms with Crippen LogP contribution in [0, 0.1) is 5.82 Å². The third-order valence-corrected chi connectivity index (χ3v) is 2.99. The van der Waals surface area contributed by atoms with Crippen LogP contribution >= 0.6 is 0 Å². The lowest BCUT2D eigenvalue weighted by atomic mass is 10.1. The first-order valence-corrected chi connectivity index (χ1v) is 7.01. The van der Waals surface area contributed by atoms with Gasteiger partial charge in [-0.05, 0) is 29.8 Å². The van der Waals surface area contributed by atoms with Crippen LogP contribution in [0.4, 0.5) is 10.1 Å². The highest BCUT2D eigenvalue weighted by Crippen LogP contribution is 2.18. The third kappa shape index (κ3) is 4.80. The minimum atomic E-state index is -0.351. The van der Waals surface area contributed by atoms with Crippen molar-refractivity contribution < 1.29 is 9.18 Å². The monoisotopic (exact) mass is 328 g/mol. The number of nitrogens with one attached hydrogen (secondary N) is 1. The van der Waals surface area contributed by atoms with Gasteiger partial charge < -0.3 is 22.5 Å². The summed E-state index contributed by atoms with van der Waals surface area (Å²) >= 11 is 0. The van der Waals surface area contributed by atoms with Crippen molar-refractivity contribution in [1.29, 1.82) is 0 Å². The molecule has 7 N–H and O–H groups in total. The van der Waals surface area contributed by atoms with Gasteiger partial charge in [-0.1, -0.05) is 24.3 Å². The molecule has 0 radical (unpaired) electrons. The van der Waals surface area contributed by atoms with E-state index in [-0.39, 0.29) is 30.2 Å². The van der Waals surface area contributed by atoms with E-state index < -0.39 is 0 Å². The third-order valence-electron chi connectivity index (χ3n) is 2.99. The molecule has 8 heteroatoms. The number of hydrogen-bond acceptors (Lipinski definition) is 2. The predicted octanol–water partition coefficient (Wildman–Crippen LogP) is 0.975. The van der Waals surface area contributed by atoms with Crippen LogP contribution in [0.15, 0.2) is 58.5 Å². The van der Waals surface area contributed by atoms with Crippen molar-refractivity contribution >= 4 is 23.5 Å². The van der Waals surface area contributed by atoms with E-state index in [4.69, 9.17) is 17.2 Å². The Hall–Kier alpha value is -3.42. The van der Waals surface area contributed by atoms with Gasteiger partial charge >= 0.3 is 0 Å². The summed E-state index contributed by atoms with van der Waals surface area (Å²) in [6.07, 6.45) is 0. The molecule has 0 fully saturated rings. The summed E-state index contributed by atoms with van der Waals surface area (Å²) in [6.45, 7) is 0.251. The molecule has 0 aliphatic rings. The molecule has 0 bridgehead atoms. The van der Waals surface area contributed by atoms with E-state index in [0.717, 1.165) is 5.56 Å². The van der Waals surface area contributed by atoms with Gasteiger partial charge in [0.15, 0.2) is 5.96 Å². The number of amides is 1. The van der Waals surface area contributed by atoms with Gasteiger partial charge in [0.1, 0.15) is 5.82 Å². The highest BCUT2D eigenvalue weighted by Gasteiger charge is 2.10. The number of carbonyl (C=O) groups is 1. The maximum Gasteiger partial charge on any atom is 0.253 e. The Bertz CT molecular complexity index is 781. The number of rotatable bonds is 4. The maximum absolute atomic E-state index is 12.9. The van der Waals surface area contributed by atoms with Crippen molar-refractivity contribution in [2.24, 2.45) is 27.2 Å². The molecule has 2 aromatic carbocycles. The summed E-state index contributed by atoms with van der Waals surface area (Å²) in [5, 5.41) is 2.73. The Labute approximate surface area is 138 Å². The van der Waals surface area contributed by atoms with Crippen LogP contribution in [-0.4, -0.2) is 17.8 Å². The van der Waals surface area contributed by atoms with E-state index in [1.807, 2.05) is 0 Å². The maximum atomic E-state index is 12.9. The van der Waals surface area contributed by atoms with Crippen molar-refractivity contribution in [3.05, 3.63) is 65.5 Å². The van der Waals surface area contributed by atoms with Gasteiger partial charge in [-0.3, -0.25) is 4.79 Å². The number of aliphatic imine (C=N–C) groups is 2. The molecular formula is C16H17FN6O. The highest BCUT2D eigenvalue weighted by molar-refractivity contribution is 6.01. The fourth-order valence-electron chi connectivity index (χ4n) is 1.92. The van der Waals surface area contributed by atoms with Crippen molar-refractivity contribution in [3.63, 3.8) is 0 Å². The lowest BCUT2D eigenvalue weighted by molar-refractivity contribution is 0.0951. The van der Waals surface area contributed by atoms with Gasteiger partial charge in [-0.15, -0.1) is 0 Å². The van der Waals surface area contributed by atoms with E-state index in [2.05, 4.69) is 15.3 Å². The second kappa shape index (κ2) is 7.73. The molecule has 0 spiro atoms. The Balaban J connectivity index is 2.15. The van der Waals surface area contributed by atoms with Gasteiger partial charge in [0.2, 0.25) is 5.96 Å². The number of benzene rings is 2. The molecule has 0 saturated heterocycles. The summed E-state index contributed by atoms with van der Waals surface area (Å²) in [4.78, 5) is 20.0. The van der Waals surface area contributed by atoms with Gasteiger partial charge in [0.05, 0.1) is 11.3 Å². The standard InChI is InChI=1S/C16H17FN6O/c17-11-7-5-10(6-8-11)9-21-14(24)12-3-1-2-4-13(12)22-16(20)23-15(18)19/h1-8H,9H2,(H,21,24)(H6,18,19,20,22,23). The number of hydrogen-bond donors (Lipinski definition) is 4. The zero-order chi connectivity index (χ0) is 17.5. The second-order valence-electron chi connectivity index (χ2n) is 4.83. The second-order valence-corrected chi connectivity index (χ2v) is 4.83. The molecule has 24 heavy (non-hydrogen) atoms. The number of para-hydroxylation sites is 1. The molecule has 0 atom stereocenters. The lowest BCUT2D eigenvalue weighted by Crippen LogP contribution is -2.26. The quantitative estimate of drug-likeness (QED) is 0.492. The molecule has 0 aliphatic carbocycles. The summed E-state index contributed by atoms with van der Waals surface area (Å²) in [7, 11) is 0. The summed E-state index contributed by atoms with van der Waals surface area (Å²) in [5.74, 6) is -1.07. The van der Waals surface area contributed by atoms with Crippen LogP contribution < -0.4 is 22.5 Å². The molecule has 2 rings (SSSR count). The van der Waals surface area contributed by atoms with Crippen molar-refractivity contribution in [2.45, 2.75) is 6.54 Å². The zero-order valence-corrected chi connectivity index (χ0v) is 12.7. The number of guanidine groups is 2. The van der Waals surface area contributed by atoms with E-state index in [1.54, 1.807) is 36.4 Å². The molecule has 124 valence electrons. The van der Waals surface area contributed by atoms with Crippen LogP contribution in [0.3, 0.4) is 0 Å². The number of nitrogens with zero attached hydrogens (tertiary/aromatic N) is 2. The largest absolute Gasteiger partial charge is 0.370 e. The van der Waals surface area contributed by atoms with Crippen molar-refractivity contribution in [1.82, 2.24) is 5.32 Å². The molecule has 1 amide bonds. The zero-order valence-electron chi connectivity index (χ0n) is 12.7. The molecule has 0 aliphatic heterocycles. The molecule has 0 unspecified atom stereocenters. The van der Waals surface area contributed by atoms with Gasteiger partial charge in [-0.25, -0.2) is 9.38 Å². The first kappa shape index (κ1) is 16.9. The fourth-order valence-corrected chi connectivity index (χ4v) is 1.92. The van der Waals surface area contributed by atoms with E-state index in [0.29, 0.717) is 11.3 Å². The van der Waals surface area contributed by atoms with Crippen LogP contribution in [0.2, 0.25) is 0 Å². The van der Waals surface area contributed by atoms with Crippen LogP contribution in [-0.2, 0) is 6.54 Å². The minimum absolute atomic E-state index is 0.159. The van der Waals surface area contributed by atoms with Crippen LogP contribution in [0.5, 0.6) is 0 Å². The minimum Gasteiger partial charge on any atom is -0.370 e. The van der Waals surface area contributed by atoms with Crippen molar-refractivity contribution in [2.75, 3.05) is 0 Å². The summed E-state index contributed by atoms with van der Waals surface area (Å²) in [5.41, 5.74) is 17.5. The number of halogens is 1. The van der Waals surface area contributed by atoms with Gasteiger partial charge in [0.25, 0.3) is 5.91 Å². The van der Waals surface area contributed by atoms with Crippen LogP contribution in [0.1, 0.15) is 15.9 Å². The van der Waals surface area contributed by atoms with Gasteiger partial charge in [0, 0.05) is 6.54 Å². The molecule has 0 saturated carbocycles. The Kier molecular flexibility index (Phi) is 5.45. The van der Waals surface area contributed by atoms with Gasteiger partial charge in [-0.2, -0.15) is 4.99 Å². The molecule has 7 nitrogen and oxygen atoms in total. The predicted molar refractivity (Wildman–Crippen MR) is 91.1 cm³/mol. The van der Waals surface area contributed by atoms with E-state index >= 15 is 0 Å². The highest BCUT2D eigenvalue weighted by atomic mass is 19.1. The molecule has 0 aromatic heterocycles. The smallest absolute Gasteiger partial charge is 0.253 e. The molecular weight excluding hydrogens is 311 g/mol. The Morgan fingerprint density at radius 2 is 1.71 bits per heavy atom. The topological polar surface area (TPSA) is 132 Å². The first-order chi connectivity index (χ1) is 11.5. The molecule has 2 aromatic rings. The summed E-state index contributed by atoms with van der Waals surface area (Å²) in [6, 6.07) is 12.5. The lowest BCUT2D eigenvalue weighted by Gasteiger charge is -2.08. The van der Waals surface area contributed by atoms with E-state index in [9.17, 15) is 9.18 Å². The normalized spacial score (nSPS) is 11.0. The van der Waals surface area contributed by atoms with E-state index in [1.165, 1.54) is 12.1 Å². The SMILES string of the molecule is NC(N)=NC(N)=Nc1ccccc1C(=O)NCc1ccc(F)cc1. The average molecular weight is 328 g/mol. The number of carbonyl (C=O) groups excluding carboxylic acids is 1. The Morgan fingerprint density at radius 3 is 2.38 bits per heavy atom. The average Bonchev–Trinajstić information content (AvgIpc) is 2.53. The molecule has 0 heterocycles. The number of nitrogens with two attached hydrogens (primary N) is 3. The van der Waals surface area contributed by atoms with Crippen LogP contribution in [0.25, 0.3) is 0 Å². The first-order valence-electron chi connectivity index (χ1n) is 7.01. The van der Waals surface area contributed by atoms with Crippen molar-refractivity contribution in [3.8, 4) is 0 Å². The Morgan fingerprint density at radius 1 is 1.04 bits per heavy atom.